The van der Waals surface area contributed by atoms with Gasteiger partial charge in [-0.05, 0) is 30.2 Å². The van der Waals surface area contributed by atoms with Gasteiger partial charge in [-0.2, -0.15) is 5.10 Å². The molecule has 2 aromatic carbocycles. The Morgan fingerprint density at radius 3 is 2.68 bits per heavy atom. The number of anilines is 1. The summed E-state index contributed by atoms with van der Waals surface area (Å²) in [6.45, 7) is 2.53. The van der Waals surface area contributed by atoms with Gasteiger partial charge in [0.15, 0.2) is 0 Å². The summed E-state index contributed by atoms with van der Waals surface area (Å²) in [4.78, 5) is 12.5. The van der Waals surface area contributed by atoms with Crippen LogP contribution in [0.3, 0.4) is 0 Å². The molecule has 0 atom stereocenters. The zero-order valence-corrected chi connectivity index (χ0v) is 14.4. The molecule has 4 nitrogen and oxygen atoms in total. The number of rotatable bonds is 5. The van der Waals surface area contributed by atoms with Crippen molar-refractivity contribution in [2.45, 2.75) is 19.9 Å². The topological polar surface area (TPSA) is 46.9 Å². The van der Waals surface area contributed by atoms with E-state index in [1.54, 1.807) is 4.68 Å². The molecule has 1 amide bonds. The van der Waals surface area contributed by atoms with E-state index >= 15 is 0 Å². The number of carbonyl (C=O) groups is 1. The average Bonchev–Trinajstić information content (AvgIpc) is 3.01. The predicted octanol–water partition coefficient (Wildman–Crippen LogP) is 4.54. The lowest BCUT2D eigenvalue weighted by atomic mass is 10.1. The van der Waals surface area contributed by atoms with Crippen LogP contribution < -0.4 is 5.32 Å². The molecule has 25 heavy (non-hydrogen) atoms. The molecule has 0 saturated carbocycles. The van der Waals surface area contributed by atoms with Crippen molar-refractivity contribution in [3.63, 3.8) is 0 Å². The fourth-order valence-corrected chi connectivity index (χ4v) is 2.81. The first-order valence-corrected chi connectivity index (χ1v) is 8.31. The number of aromatic nitrogens is 2. The van der Waals surface area contributed by atoms with Gasteiger partial charge in [0.05, 0.1) is 29.7 Å². The quantitative estimate of drug-likeness (QED) is 0.728. The maximum atomic E-state index is 13.9. The van der Waals surface area contributed by atoms with Crippen molar-refractivity contribution in [1.29, 1.82) is 0 Å². The Morgan fingerprint density at radius 1 is 1.24 bits per heavy atom. The van der Waals surface area contributed by atoms with Gasteiger partial charge in [-0.3, -0.25) is 9.48 Å². The van der Waals surface area contributed by atoms with Crippen LogP contribution in [0.5, 0.6) is 0 Å². The van der Waals surface area contributed by atoms with Crippen molar-refractivity contribution in [1.82, 2.24) is 9.78 Å². The summed E-state index contributed by atoms with van der Waals surface area (Å²) in [6, 6.07) is 14.0. The molecule has 0 fully saturated rings. The van der Waals surface area contributed by atoms with Crippen LogP contribution in [0.2, 0.25) is 5.02 Å². The summed E-state index contributed by atoms with van der Waals surface area (Å²) >= 11 is 5.73. The Morgan fingerprint density at radius 2 is 2.00 bits per heavy atom. The van der Waals surface area contributed by atoms with Crippen LogP contribution in [0.15, 0.2) is 54.7 Å². The summed E-state index contributed by atoms with van der Waals surface area (Å²) in [5, 5.41) is 7.18. The van der Waals surface area contributed by atoms with E-state index in [0.717, 1.165) is 17.3 Å². The second kappa shape index (κ2) is 7.49. The van der Waals surface area contributed by atoms with E-state index in [1.165, 1.54) is 18.3 Å². The van der Waals surface area contributed by atoms with E-state index in [-0.39, 0.29) is 10.7 Å². The van der Waals surface area contributed by atoms with Crippen LogP contribution in [0.25, 0.3) is 0 Å². The third kappa shape index (κ3) is 3.88. The number of amides is 1. The summed E-state index contributed by atoms with van der Waals surface area (Å²) < 4.78 is 15.7. The van der Waals surface area contributed by atoms with Gasteiger partial charge in [0, 0.05) is 5.02 Å². The Hall–Kier alpha value is -2.66. The fourth-order valence-electron chi connectivity index (χ4n) is 2.65. The normalized spacial score (nSPS) is 10.7. The Bertz CT molecular complexity index is 893. The van der Waals surface area contributed by atoms with Crippen LogP contribution in [0, 0.1) is 5.82 Å². The third-order valence-corrected chi connectivity index (χ3v) is 4.12. The van der Waals surface area contributed by atoms with Gasteiger partial charge >= 0.3 is 0 Å². The SMILES string of the molecule is CCc1c(C(=O)Nc2ccc(Cl)cc2F)cnn1Cc1ccccc1. The summed E-state index contributed by atoms with van der Waals surface area (Å²) in [7, 11) is 0. The van der Waals surface area contributed by atoms with Gasteiger partial charge in [0.25, 0.3) is 5.91 Å². The second-order valence-corrected chi connectivity index (χ2v) is 6.02. The molecule has 3 aromatic rings. The molecule has 128 valence electrons. The first-order valence-electron chi connectivity index (χ1n) is 7.93. The van der Waals surface area contributed by atoms with E-state index in [0.29, 0.717) is 18.5 Å². The lowest BCUT2D eigenvalue weighted by Crippen LogP contribution is -2.15. The molecule has 1 N–H and O–H groups in total. The number of benzene rings is 2. The smallest absolute Gasteiger partial charge is 0.259 e. The van der Waals surface area contributed by atoms with Gasteiger partial charge in [-0.25, -0.2) is 4.39 Å². The van der Waals surface area contributed by atoms with Crippen LogP contribution in [-0.4, -0.2) is 15.7 Å². The zero-order valence-electron chi connectivity index (χ0n) is 13.7. The average molecular weight is 358 g/mol. The van der Waals surface area contributed by atoms with Crippen molar-refractivity contribution in [3.05, 3.63) is 82.4 Å². The highest BCUT2D eigenvalue weighted by atomic mass is 35.5. The second-order valence-electron chi connectivity index (χ2n) is 5.58. The van der Waals surface area contributed by atoms with Gasteiger partial charge < -0.3 is 5.32 Å². The van der Waals surface area contributed by atoms with Gasteiger partial charge in [-0.1, -0.05) is 48.9 Å². The van der Waals surface area contributed by atoms with Crippen LogP contribution in [-0.2, 0) is 13.0 Å². The maximum absolute atomic E-state index is 13.9. The molecule has 6 heteroatoms. The molecular weight excluding hydrogens is 341 g/mol. The minimum absolute atomic E-state index is 0.0901. The molecule has 0 bridgehead atoms. The molecule has 0 aliphatic heterocycles. The molecule has 0 spiro atoms. The molecule has 1 heterocycles. The molecule has 0 radical (unpaired) electrons. The number of nitrogens with one attached hydrogen (secondary N) is 1. The first kappa shape index (κ1) is 17.2. The highest BCUT2D eigenvalue weighted by Gasteiger charge is 2.17. The van der Waals surface area contributed by atoms with Crippen molar-refractivity contribution in [3.8, 4) is 0 Å². The van der Waals surface area contributed by atoms with E-state index in [4.69, 9.17) is 11.6 Å². The number of nitrogens with zero attached hydrogens (tertiary/aromatic N) is 2. The van der Waals surface area contributed by atoms with Crippen LogP contribution in [0.1, 0.15) is 28.5 Å². The Balaban J connectivity index is 1.83. The monoisotopic (exact) mass is 357 g/mol. The van der Waals surface area contributed by atoms with Crippen molar-refractivity contribution >= 4 is 23.2 Å². The molecule has 0 saturated heterocycles. The highest BCUT2D eigenvalue weighted by Crippen LogP contribution is 2.20. The molecule has 3 rings (SSSR count). The summed E-state index contributed by atoms with van der Waals surface area (Å²) in [5.41, 5.74) is 2.42. The van der Waals surface area contributed by atoms with Crippen LogP contribution >= 0.6 is 11.6 Å². The zero-order chi connectivity index (χ0) is 17.8. The largest absolute Gasteiger partial charge is 0.319 e. The van der Waals surface area contributed by atoms with E-state index in [1.807, 2.05) is 37.3 Å². The Labute approximate surface area is 150 Å². The molecule has 0 unspecified atom stereocenters. The Kier molecular flexibility index (Phi) is 5.14. The number of hydrogen-bond donors (Lipinski definition) is 1. The van der Waals surface area contributed by atoms with Gasteiger partial charge in [0.1, 0.15) is 5.82 Å². The standard InChI is InChI=1S/C19H17ClFN3O/c1-2-18-15(11-22-24(18)12-13-6-4-3-5-7-13)19(25)23-17-9-8-14(20)10-16(17)21/h3-11H,2,12H2,1H3,(H,23,25). The third-order valence-electron chi connectivity index (χ3n) is 3.88. The van der Waals surface area contributed by atoms with E-state index in [9.17, 15) is 9.18 Å². The fraction of sp³-hybridized carbons (Fsp3) is 0.158. The molecule has 1 aromatic heterocycles. The first-order chi connectivity index (χ1) is 12.1. The van der Waals surface area contributed by atoms with Gasteiger partial charge in [-0.15, -0.1) is 0 Å². The highest BCUT2D eigenvalue weighted by molar-refractivity contribution is 6.30. The van der Waals surface area contributed by atoms with Gasteiger partial charge in [0.2, 0.25) is 0 Å². The molecular formula is C19H17ClFN3O. The number of halogens is 2. The minimum Gasteiger partial charge on any atom is -0.319 e. The van der Waals surface area contributed by atoms with E-state index < -0.39 is 11.7 Å². The lowest BCUT2D eigenvalue weighted by Gasteiger charge is -2.09. The lowest BCUT2D eigenvalue weighted by molar-refractivity contribution is 0.102. The molecule has 0 aliphatic rings. The van der Waals surface area contributed by atoms with E-state index in [2.05, 4.69) is 10.4 Å². The number of carbonyl (C=O) groups excluding carboxylic acids is 1. The number of hydrogen-bond acceptors (Lipinski definition) is 2. The van der Waals surface area contributed by atoms with Crippen molar-refractivity contribution < 1.29 is 9.18 Å². The van der Waals surface area contributed by atoms with Crippen molar-refractivity contribution in [2.24, 2.45) is 0 Å². The predicted molar refractivity (Wildman–Crippen MR) is 96.5 cm³/mol. The minimum atomic E-state index is -0.574. The van der Waals surface area contributed by atoms with Crippen LogP contribution in [0.4, 0.5) is 10.1 Å². The summed E-state index contributed by atoms with van der Waals surface area (Å²) in [5.74, 6) is -0.965. The maximum Gasteiger partial charge on any atom is 0.259 e. The van der Waals surface area contributed by atoms with Crippen molar-refractivity contribution in [2.75, 3.05) is 5.32 Å². The summed E-state index contributed by atoms with van der Waals surface area (Å²) in [6.07, 6.45) is 2.16. The molecule has 0 aliphatic carbocycles.